The van der Waals surface area contributed by atoms with E-state index in [1.54, 1.807) is 24.3 Å². The van der Waals surface area contributed by atoms with Crippen LogP contribution in [0, 0.1) is 5.82 Å². The first-order valence-corrected chi connectivity index (χ1v) is 7.08. The highest BCUT2D eigenvalue weighted by Crippen LogP contribution is 2.31. The molecule has 2 aromatic carbocycles. The van der Waals surface area contributed by atoms with Crippen LogP contribution in [0.25, 0.3) is 0 Å². The fraction of sp³-hybridized carbons (Fsp3) is 0.143. The summed E-state index contributed by atoms with van der Waals surface area (Å²) in [6.45, 7) is 0. The number of halogens is 3. The summed E-state index contributed by atoms with van der Waals surface area (Å²) in [4.78, 5) is 0. The van der Waals surface area contributed by atoms with E-state index in [0.29, 0.717) is 11.3 Å². The molecule has 0 aromatic heterocycles. The van der Waals surface area contributed by atoms with Crippen LogP contribution in [0.5, 0.6) is 5.75 Å². The molecule has 0 saturated carbocycles. The third-order valence-electron chi connectivity index (χ3n) is 2.76. The third-order valence-corrected chi connectivity index (χ3v) is 4.64. The highest BCUT2D eigenvalue weighted by atomic mass is 79.9. The maximum Gasteiger partial charge on any atom is 0.133 e. The lowest BCUT2D eigenvalue weighted by molar-refractivity contribution is 0.214. The molecule has 0 radical (unpaired) electrons. The quantitative estimate of drug-likeness (QED) is 0.840. The summed E-state index contributed by atoms with van der Waals surface area (Å²) in [5, 5.41) is 10.2. The number of aliphatic hydroxyl groups excluding tert-OH is 1. The Morgan fingerprint density at radius 2 is 1.84 bits per heavy atom. The molecule has 0 amide bonds. The highest BCUT2D eigenvalue weighted by molar-refractivity contribution is 9.13. The van der Waals surface area contributed by atoms with Crippen LogP contribution in [0.4, 0.5) is 4.39 Å². The minimum atomic E-state index is -1.02. The second kappa shape index (κ2) is 6.03. The molecule has 0 aliphatic carbocycles. The lowest BCUT2D eigenvalue weighted by Crippen LogP contribution is -2.03. The summed E-state index contributed by atoms with van der Waals surface area (Å²) in [6.07, 6.45) is -1.02. The number of hydrogen-bond donors (Lipinski definition) is 1. The Balaban J connectivity index is 2.38. The Labute approximate surface area is 127 Å². The summed E-state index contributed by atoms with van der Waals surface area (Å²) in [7, 11) is 1.47. The smallest absolute Gasteiger partial charge is 0.133 e. The average molecular weight is 390 g/mol. The largest absolute Gasteiger partial charge is 0.497 e. The van der Waals surface area contributed by atoms with E-state index < -0.39 is 11.9 Å². The van der Waals surface area contributed by atoms with Gasteiger partial charge in [-0.1, -0.05) is 6.07 Å². The van der Waals surface area contributed by atoms with Gasteiger partial charge in [-0.05, 0) is 61.7 Å². The van der Waals surface area contributed by atoms with Gasteiger partial charge < -0.3 is 9.84 Å². The Morgan fingerprint density at radius 3 is 2.42 bits per heavy atom. The van der Waals surface area contributed by atoms with Crippen LogP contribution in [-0.2, 0) is 0 Å². The number of methoxy groups -OCH3 is 1. The van der Waals surface area contributed by atoms with Gasteiger partial charge in [0, 0.05) is 20.6 Å². The zero-order chi connectivity index (χ0) is 14.0. The van der Waals surface area contributed by atoms with Gasteiger partial charge in [0.25, 0.3) is 0 Å². The molecule has 5 heteroatoms. The van der Waals surface area contributed by atoms with Crippen molar-refractivity contribution in [3.8, 4) is 5.75 Å². The monoisotopic (exact) mass is 388 g/mol. The maximum absolute atomic E-state index is 13.9. The molecule has 0 saturated heterocycles. The molecule has 1 unspecified atom stereocenters. The fourth-order valence-corrected chi connectivity index (χ4v) is 2.36. The molecule has 19 heavy (non-hydrogen) atoms. The molecule has 0 heterocycles. The van der Waals surface area contributed by atoms with Gasteiger partial charge in [-0.2, -0.15) is 0 Å². The fourth-order valence-electron chi connectivity index (χ4n) is 1.72. The van der Waals surface area contributed by atoms with Crippen LogP contribution in [0.1, 0.15) is 17.2 Å². The van der Waals surface area contributed by atoms with Crippen molar-refractivity contribution in [2.75, 3.05) is 7.11 Å². The lowest BCUT2D eigenvalue weighted by Gasteiger charge is -2.14. The van der Waals surface area contributed by atoms with Crippen LogP contribution in [0.3, 0.4) is 0 Å². The highest BCUT2D eigenvalue weighted by Gasteiger charge is 2.16. The van der Waals surface area contributed by atoms with Gasteiger partial charge in [0.2, 0.25) is 0 Å². The Morgan fingerprint density at radius 1 is 1.11 bits per heavy atom. The summed E-state index contributed by atoms with van der Waals surface area (Å²) in [5.74, 6) is -0.0728. The molecule has 2 aromatic rings. The summed E-state index contributed by atoms with van der Waals surface area (Å²) in [5.41, 5.74) is 0.828. The first-order valence-electron chi connectivity index (χ1n) is 5.49. The van der Waals surface area contributed by atoms with Gasteiger partial charge in [0.05, 0.1) is 7.11 Å². The van der Waals surface area contributed by atoms with Gasteiger partial charge >= 0.3 is 0 Å². The van der Waals surface area contributed by atoms with E-state index in [9.17, 15) is 9.50 Å². The third kappa shape index (κ3) is 3.16. The maximum atomic E-state index is 13.9. The van der Waals surface area contributed by atoms with Gasteiger partial charge in [-0.3, -0.25) is 0 Å². The molecule has 0 bridgehead atoms. The zero-order valence-electron chi connectivity index (χ0n) is 10.0. The van der Waals surface area contributed by atoms with E-state index in [2.05, 4.69) is 31.9 Å². The molecule has 0 fully saturated rings. The van der Waals surface area contributed by atoms with E-state index >= 15 is 0 Å². The van der Waals surface area contributed by atoms with Crippen LogP contribution >= 0.6 is 31.9 Å². The number of aliphatic hydroxyl groups is 1. The van der Waals surface area contributed by atoms with E-state index in [0.717, 1.165) is 8.95 Å². The van der Waals surface area contributed by atoms with Crippen LogP contribution < -0.4 is 4.74 Å². The summed E-state index contributed by atoms with van der Waals surface area (Å²) in [6, 6.07) is 9.68. The van der Waals surface area contributed by atoms with Crippen LogP contribution in [0.2, 0.25) is 0 Å². The topological polar surface area (TPSA) is 29.5 Å². The first-order chi connectivity index (χ1) is 9.02. The van der Waals surface area contributed by atoms with Crippen molar-refractivity contribution in [3.63, 3.8) is 0 Å². The SMILES string of the molecule is COc1ccc(C(O)c2ccc(Br)c(Br)c2)c(F)c1. The lowest BCUT2D eigenvalue weighted by atomic mass is 10.0. The number of rotatable bonds is 3. The summed E-state index contributed by atoms with van der Waals surface area (Å²) < 4.78 is 20.5. The second-order valence-electron chi connectivity index (χ2n) is 3.96. The van der Waals surface area contributed by atoms with Gasteiger partial charge in [0.1, 0.15) is 17.7 Å². The van der Waals surface area contributed by atoms with E-state index in [4.69, 9.17) is 4.74 Å². The number of benzene rings is 2. The van der Waals surface area contributed by atoms with E-state index in [1.165, 1.54) is 19.2 Å². The van der Waals surface area contributed by atoms with Gasteiger partial charge in [-0.25, -0.2) is 4.39 Å². The molecule has 100 valence electrons. The Hall–Kier alpha value is -0.910. The zero-order valence-corrected chi connectivity index (χ0v) is 13.2. The first kappa shape index (κ1) is 14.5. The van der Waals surface area contributed by atoms with Crippen molar-refractivity contribution >= 4 is 31.9 Å². The van der Waals surface area contributed by atoms with E-state index in [1.807, 2.05) is 0 Å². The van der Waals surface area contributed by atoms with Crippen molar-refractivity contribution in [1.82, 2.24) is 0 Å². The van der Waals surface area contributed by atoms with Gasteiger partial charge in [0.15, 0.2) is 0 Å². The Kier molecular flexibility index (Phi) is 4.60. The van der Waals surface area contributed by atoms with Crippen molar-refractivity contribution in [2.45, 2.75) is 6.10 Å². The molecule has 0 aliphatic heterocycles. The van der Waals surface area contributed by atoms with Gasteiger partial charge in [-0.15, -0.1) is 0 Å². The summed E-state index contributed by atoms with van der Waals surface area (Å²) >= 11 is 6.71. The molecule has 0 spiro atoms. The Bertz CT molecular complexity index is 602. The van der Waals surface area contributed by atoms with Crippen molar-refractivity contribution in [1.29, 1.82) is 0 Å². The predicted octanol–water partition coefficient (Wildman–Crippen LogP) is 4.44. The molecule has 0 aliphatic rings. The normalized spacial score (nSPS) is 12.3. The minimum absolute atomic E-state index is 0.218. The van der Waals surface area contributed by atoms with Crippen molar-refractivity contribution in [2.24, 2.45) is 0 Å². The number of ether oxygens (including phenoxy) is 1. The molecule has 1 atom stereocenters. The minimum Gasteiger partial charge on any atom is -0.497 e. The van der Waals surface area contributed by atoms with E-state index in [-0.39, 0.29) is 5.56 Å². The molecule has 1 N–H and O–H groups in total. The van der Waals surface area contributed by atoms with Crippen molar-refractivity contribution < 1.29 is 14.2 Å². The van der Waals surface area contributed by atoms with Crippen LogP contribution in [-0.4, -0.2) is 12.2 Å². The molecule has 2 rings (SSSR count). The van der Waals surface area contributed by atoms with Crippen LogP contribution in [0.15, 0.2) is 45.3 Å². The standard InChI is InChI=1S/C14H11Br2FO2/c1-19-9-3-4-10(13(17)7-9)14(18)8-2-5-11(15)12(16)6-8/h2-7,14,18H,1H3. The molecular weight excluding hydrogens is 379 g/mol. The number of hydrogen-bond acceptors (Lipinski definition) is 2. The van der Waals surface area contributed by atoms with Crippen molar-refractivity contribution in [3.05, 3.63) is 62.3 Å². The average Bonchev–Trinajstić information content (AvgIpc) is 2.41. The predicted molar refractivity (Wildman–Crippen MR) is 78.9 cm³/mol. The molecule has 2 nitrogen and oxygen atoms in total. The second-order valence-corrected chi connectivity index (χ2v) is 5.67. The molecular formula is C14H11Br2FO2.